The molecule has 6 rings (SSSR count). The monoisotopic (exact) mass is 365 g/mol. The molecular formula is C21H23N3O3. The zero-order valence-electron chi connectivity index (χ0n) is 15.2. The van der Waals surface area contributed by atoms with Crippen LogP contribution >= 0.6 is 0 Å². The molecule has 6 heteroatoms. The van der Waals surface area contributed by atoms with E-state index in [-0.39, 0.29) is 40.9 Å². The van der Waals surface area contributed by atoms with Gasteiger partial charge in [-0.15, -0.1) is 0 Å². The molecule has 3 aliphatic carbocycles. The fourth-order valence-corrected chi connectivity index (χ4v) is 5.99. The number of anilines is 1. The van der Waals surface area contributed by atoms with Gasteiger partial charge in [0.05, 0.1) is 18.1 Å². The van der Waals surface area contributed by atoms with Crippen molar-refractivity contribution >= 4 is 23.9 Å². The van der Waals surface area contributed by atoms with E-state index in [0.717, 1.165) is 36.8 Å². The Labute approximate surface area is 157 Å². The maximum Gasteiger partial charge on any atom is 0.254 e. The lowest BCUT2D eigenvalue weighted by molar-refractivity contribution is -0.141. The van der Waals surface area contributed by atoms with Crippen LogP contribution in [0.3, 0.4) is 0 Å². The fourth-order valence-electron chi connectivity index (χ4n) is 5.99. The van der Waals surface area contributed by atoms with Gasteiger partial charge in [0.15, 0.2) is 5.88 Å². The van der Waals surface area contributed by atoms with Crippen LogP contribution in [0.15, 0.2) is 33.8 Å². The van der Waals surface area contributed by atoms with Gasteiger partial charge < -0.3 is 9.32 Å². The number of carbonyl (C=O) groups is 2. The summed E-state index contributed by atoms with van der Waals surface area (Å²) in [4.78, 5) is 28.0. The van der Waals surface area contributed by atoms with E-state index in [1.807, 2.05) is 12.1 Å². The summed E-state index contributed by atoms with van der Waals surface area (Å²) in [6, 6.07) is 3.79. The number of hydrogen-bond acceptors (Lipinski definition) is 5. The van der Waals surface area contributed by atoms with Gasteiger partial charge in [0.1, 0.15) is 5.76 Å². The third-order valence-corrected chi connectivity index (χ3v) is 7.41. The highest BCUT2D eigenvalue weighted by molar-refractivity contribution is 6.07. The van der Waals surface area contributed by atoms with Crippen LogP contribution in [0, 0.1) is 29.1 Å². The third-order valence-electron chi connectivity index (χ3n) is 7.41. The topological polar surface area (TPSA) is 66.1 Å². The second-order valence-corrected chi connectivity index (χ2v) is 8.68. The highest BCUT2D eigenvalue weighted by Gasteiger charge is 2.73. The first kappa shape index (κ1) is 15.7. The van der Waals surface area contributed by atoms with Gasteiger partial charge in [-0.1, -0.05) is 12.2 Å². The highest BCUT2D eigenvalue weighted by Crippen LogP contribution is 2.73. The van der Waals surface area contributed by atoms with E-state index in [2.05, 4.69) is 22.2 Å². The molecule has 3 heterocycles. The number of carbonyl (C=O) groups excluding carboxylic acids is 2. The zero-order chi connectivity index (χ0) is 18.2. The van der Waals surface area contributed by atoms with Crippen molar-refractivity contribution < 1.29 is 14.0 Å². The average Bonchev–Trinajstić information content (AvgIpc) is 2.98. The summed E-state index contributed by atoms with van der Waals surface area (Å²) in [5.74, 6) is 1.22. The second-order valence-electron chi connectivity index (χ2n) is 8.68. The minimum atomic E-state index is -0.201. The van der Waals surface area contributed by atoms with Crippen molar-refractivity contribution in [1.29, 1.82) is 0 Å². The van der Waals surface area contributed by atoms with Gasteiger partial charge in [-0.2, -0.15) is 10.1 Å². The van der Waals surface area contributed by atoms with Gasteiger partial charge in [-0.3, -0.25) is 9.59 Å². The minimum Gasteiger partial charge on any atom is -0.440 e. The molecule has 0 N–H and O–H groups in total. The second kappa shape index (κ2) is 5.33. The molecule has 2 saturated heterocycles. The van der Waals surface area contributed by atoms with E-state index in [0.29, 0.717) is 5.76 Å². The normalized spacial score (nSPS) is 35.9. The highest BCUT2D eigenvalue weighted by atomic mass is 16.4. The van der Waals surface area contributed by atoms with Crippen LogP contribution in [0.4, 0.5) is 5.88 Å². The minimum absolute atomic E-state index is 0.132. The summed E-state index contributed by atoms with van der Waals surface area (Å²) < 4.78 is 5.86. The zero-order valence-corrected chi connectivity index (χ0v) is 15.2. The largest absolute Gasteiger partial charge is 0.440 e. The van der Waals surface area contributed by atoms with Gasteiger partial charge in [0.2, 0.25) is 0 Å². The number of hydrazone groups is 1. The van der Waals surface area contributed by atoms with E-state index in [9.17, 15) is 9.59 Å². The number of hydrogen-bond donors (Lipinski definition) is 0. The Hall–Kier alpha value is -2.37. The summed E-state index contributed by atoms with van der Waals surface area (Å²) in [6.07, 6.45) is 11.8. The summed E-state index contributed by atoms with van der Waals surface area (Å²) in [7, 11) is 0. The number of fused-ring (bicyclic) bond motifs is 3. The lowest BCUT2D eigenvalue weighted by Crippen LogP contribution is -2.30. The summed E-state index contributed by atoms with van der Waals surface area (Å²) in [5, 5.41) is 5.33. The first-order chi connectivity index (χ1) is 13.2. The van der Waals surface area contributed by atoms with Crippen molar-refractivity contribution in [3.8, 4) is 0 Å². The van der Waals surface area contributed by atoms with Crippen LogP contribution in [0.5, 0.6) is 0 Å². The molecule has 1 aromatic rings. The van der Waals surface area contributed by atoms with Crippen LogP contribution in [-0.4, -0.2) is 36.1 Å². The molecule has 0 unspecified atom stereocenters. The Morgan fingerprint density at radius 1 is 1.00 bits per heavy atom. The van der Waals surface area contributed by atoms with Crippen molar-refractivity contribution in [3.05, 3.63) is 30.0 Å². The van der Waals surface area contributed by atoms with Crippen molar-refractivity contribution in [2.45, 2.75) is 32.1 Å². The summed E-state index contributed by atoms with van der Waals surface area (Å²) >= 11 is 0. The van der Waals surface area contributed by atoms with Crippen LogP contribution in [0.1, 0.15) is 37.9 Å². The Kier molecular flexibility index (Phi) is 3.09. The Balaban J connectivity index is 1.21. The Morgan fingerprint density at radius 2 is 1.67 bits per heavy atom. The molecule has 0 aromatic carbocycles. The van der Waals surface area contributed by atoms with E-state index < -0.39 is 0 Å². The van der Waals surface area contributed by atoms with Crippen molar-refractivity contribution in [1.82, 2.24) is 5.01 Å². The lowest BCUT2D eigenvalue weighted by Gasteiger charge is -2.25. The molecule has 0 radical (unpaired) electrons. The van der Waals surface area contributed by atoms with E-state index in [1.54, 1.807) is 0 Å². The molecule has 1 spiro atoms. The molecule has 4 atom stereocenters. The summed E-state index contributed by atoms with van der Waals surface area (Å²) in [6.45, 7) is 2.02. The summed E-state index contributed by atoms with van der Waals surface area (Å²) in [5.41, 5.74) is 0.223. The lowest BCUT2D eigenvalue weighted by atomic mass is 9.85. The van der Waals surface area contributed by atoms with E-state index in [4.69, 9.17) is 4.42 Å². The first-order valence-electron chi connectivity index (χ1n) is 10.1. The Morgan fingerprint density at radius 3 is 2.30 bits per heavy atom. The van der Waals surface area contributed by atoms with Gasteiger partial charge in [-0.25, -0.2) is 0 Å². The molecule has 2 saturated carbocycles. The number of nitrogens with zero attached hydrogens (tertiary/aromatic N) is 3. The van der Waals surface area contributed by atoms with Crippen molar-refractivity contribution in [2.75, 3.05) is 18.0 Å². The third kappa shape index (κ3) is 2.04. The van der Waals surface area contributed by atoms with Gasteiger partial charge in [0.25, 0.3) is 11.8 Å². The first-order valence-corrected chi connectivity index (χ1v) is 10.1. The molecular weight excluding hydrogens is 342 g/mol. The molecule has 2 aliphatic heterocycles. The maximum atomic E-state index is 12.9. The molecule has 27 heavy (non-hydrogen) atoms. The van der Waals surface area contributed by atoms with Crippen LogP contribution in [0.2, 0.25) is 0 Å². The number of piperidine rings is 1. The predicted molar refractivity (Wildman–Crippen MR) is 99.0 cm³/mol. The molecule has 1 aromatic heterocycles. The quantitative estimate of drug-likeness (QED) is 0.469. The Bertz CT molecular complexity index is 841. The van der Waals surface area contributed by atoms with Crippen molar-refractivity contribution in [2.24, 2.45) is 34.2 Å². The molecule has 2 amide bonds. The molecule has 5 aliphatic rings. The molecule has 140 valence electrons. The number of rotatable bonds is 3. The van der Waals surface area contributed by atoms with E-state index in [1.165, 1.54) is 25.5 Å². The van der Waals surface area contributed by atoms with E-state index >= 15 is 0 Å². The van der Waals surface area contributed by atoms with Gasteiger partial charge in [0, 0.05) is 19.2 Å². The molecule has 6 nitrogen and oxygen atoms in total. The number of allylic oxidation sites excluding steroid dienone is 2. The van der Waals surface area contributed by atoms with Crippen LogP contribution < -0.4 is 4.90 Å². The van der Waals surface area contributed by atoms with Crippen LogP contribution in [-0.2, 0) is 9.59 Å². The molecule has 4 fully saturated rings. The number of furan rings is 1. The van der Waals surface area contributed by atoms with Gasteiger partial charge in [-0.05, 0) is 55.4 Å². The fraction of sp³-hybridized carbons (Fsp3) is 0.571. The average molecular weight is 365 g/mol. The standard InChI is InChI=1S/C21H23N3O3/c25-19-17-14-5-6-15(21(14)8-9-21)18(17)20(26)24(19)22-12-13-4-7-16(27-13)23-10-2-1-3-11-23/h4-7,12,14-15,17-18H,1-3,8-11H2/b22-12-/t14-,15-,17-,18+/m1/s1. The molecule has 2 bridgehead atoms. The smallest absolute Gasteiger partial charge is 0.254 e. The predicted octanol–water partition coefficient (Wildman–Crippen LogP) is 2.80. The maximum absolute atomic E-state index is 12.9. The van der Waals surface area contributed by atoms with Crippen molar-refractivity contribution in [3.63, 3.8) is 0 Å². The SMILES string of the molecule is O=C1[C@@H]2[C@H](C(=O)N1/N=C\c1ccc(N3CCCCC3)o1)[C@H]1C=C[C@H]2C12CC2. The van der Waals surface area contributed by atoms with Gasteiger partial charge >= 0.3 is 0 Å². The number of amides is 2. The van der Waals surface area contributed by atoms with Crippen LogP contribution in [0.25, 0.3) is 0 Å². The number of imide groups is 1.